The number of benzene rings is 1. The van der Waals surface area contributed by atoms with Gasteiger partial charge in [0.1, 0.15) is 5.75 Å². The van der Waals surface area contributed by atoms with Crippen molar-refractivity contribution in [3.63, 3.8) is 0 Å². The highest BCUT2D eigenvalue weighted by Crippen LogP contribution is 2.41. The van der Waals surface area contributed by atoms with E-state index < -0.39 is 28.7 Å². The predicted molar refractivity (Wildman–Crippen MR) is 103 cm³/mol. The molecular formula is C17H30O6Si2. The van der Waals surface area contributed by atoms with Crippen LogP contribution in [0.15, 0.2) is 12.1 Å². The Bertz CT molecular complexity index is 604. The highest BCUT2D eigenvalue weighted by atomic mass is 28.4. The van der Waals surface area contributed by atoms with Crippen molar-refractivity contribution in [2.24, 2.45) is 0 Å². The molecule has 0 amide bonds. The zero-order valence-electron chi connectivity index (χ0n) is 16.7. The van der Waals surface area contributed by atoms with E-state index in [1.54, 1.807) is 19.2 Å². The molecule has 0 heterocycles. The number of methoxy groups -OCH3 is 3. The maximum absolute atomic E-state index is 12.9. The summed E-state index contributed by atoms with van der Waals surface area (Å²) in [6.07, 6.45) is -0.891. The molecule has 1 aromatic carbocycles. The molecule has 0 N–H and O–H groups in total. The molecule has 0 aromatic heterocycles. The average molecular weight is 387 g/mol. The first-order chi connectivity index (χ1) is 11.4. The topological polar surface area (TPSA) is 63.2 Å². The van der Waals surface area contributed by atoms with Gasteiger partial charge in [-0.25, -0.2) is 0 Å². The Morgan fingerprint density at radius 1 is 0.880 bits per heavy atom. The van der Waals surface area contributed by atoms with Crippen LogP contribution in [0.2, 0.25) is 39.3 Å². The summed E-state index contributed by atoms with van der Waals surface area (Å²) in [4.78, 5) is 12.9. The first-order valence-electron chi connectivity index (χ1n) is 8.12. The third kappa shape index (κ3) is 6.37. The molecule has 0 aliphatic carbocycles. The van der Waals surface area contributed by atoms with Gasteiger partial charge in [0, 0.05) is 11.6 Å². The Morgan fingerprint density at radius 2 is 1.48 bits per heavy atom. The Labute approximate surface area is 152 Å². The van der Waals surface area contributed by atoms with Crippen LogP contribution in [0.4, 0.5) is 0 Å². The molecule has 25 heavy (non-hydrogen) atoms. The number of hydrogen-bond acceptors (Lipinski definition) is 6. The smallest absolute Gasteiger partial charge is 0.325 e. The minimum absolute atomic E-state index is 0.407. The molecule has 1 aromatic rings. The fourth-order valence-corrected chi connectivity index (χ4v) is 3.87. The Balaban J connectivity index is 3.50. The van der Waals surface area contributed by atoms with E-state index in [9.17, 15) is 4.79 Å². The van der Waals surface area contributed by atoms with Gasteiger partial charge in [-0.15, -0.1) is 0 Å². The second kappa shape index (κ2) is 8.24. The van der Waals surface area contributed by atoms with Crippen LogP contribution in [0.3, 0.4) is 0 Å². The molecule has 0 aliphatic rings. The van der Waals surface area contributed by atoms with E-state index >= 15 is 0 Å². The van der Waals surface area contributed by atoms with Crippen LogP contribution in [-0.4, -0.2) is 43.9 Å². The van der Waals surface area contributed by atoms with Gasteiger partial charge in [-0.05, 0) is 45.3 Å². The monoisotopic (exact) mass is 386 g/mol. The minimum Gasteiger partial charge on any atom is -0.518 e. The SMILES string of the molecule is COc1cc(OC)c(OC)c(C(O[Si](C)(C)C)C(=O)O[Si](C)(C)C)c1. The Kier molecular flexibility index (Phi) is 7.10. The maximum atomic E-state index is 12.9. The summed E-state index contributed by atoms with van der Waals surface area (Å²) in [5.41, 5.74) is 0.546. The fourth-order valence-electron chi connectivity index (χ4n) is 2.23. The number of rotatable bonds is 8. The van der Waals surface area contributed by atoms with Gasteiger partial charge in [0.15, 0.2) is 25.9 Å². The van der Waals surface area contributed by atoms with Gasteiger partial charge in [0.25, 0.3) is 0 Å². The summed E-state index contributed by atoms with van der Waals surface area (Å²) in [6.45, 7) is 11.9. The van der Waals surface area contributed by atoms with Crippen LogP contribution in [0.1, 0.15) is 11.7 Å². The number of hydrogen-bond donors (Lipinski definition) is 0. The third-order valence-electron chi connectivity index (χ3n) is 3.09. The van der Waals surface area contributed by atoms with Crippen molar-refractivity contribution in [1.82, 2.24) is 0 Å². The van der Waals surface area contributed by atoms with Gasteiger partial charge in [-0.3, -0.25) is 4.79 Å². The zero-order valence-corrected chi connectivity index (χ0v) is 18.7. The summed E-state index contributed by atoms with van der Waals surface area (Å²) in [6, 6.07) is 3.44. The molecule has 6 nitrogen and oxygen atoms in total. The summed E-state index contributed by atoms with van der Waals surface area (Å²) >= 11 is 0. The molecule has 0 spiro atoms. The average Bonchev–Trinajstić information content (AvgIpc) is 2.48. The number of carbonyl (C=O) groups is 1. The van der Waals surface area contributed by atoms with E-state index in [0.717, 1.165) is 0 Å². The summed E-state index contributed by atoms with van der Waals surface area (Å²) in [5, 5.41) is 0. The van der Waals surface area contributed by atoms with Crippen LogP contribution >= 0.6 is 0 Å². The summed E-state index contributed by atoms with van der Waals surface area (Å²) in [7, 11) is 0.489. The van der Waals surface area contributed by atoms with Crippen LogP contribution in [0, 0.1) is 0 Å². The van der Waals surface area contributed by atoms with Crippen molar-refractivity contribution in [2.45, 2.75) is 45.4 Å². The largest absolute Gasteiger partial charge is 0.518 e. The van der Waals surface area contributed by atoms with Gasteiger partial charge < -0.3 is 23.1 Å². The minimum atomic E-state index is -2.08. The normalized spacial score (nSPS) is 13.2. The molecule has 142 valence electrons. The molecule has 1 unspecified atom stereocenters. The molecule has 1 rings (SSSR count). The van der Waals surface area contributed by atoms with Gasteiger partial charge in [0.05, 0.1) is 21.3 Å². The van der Waals surface area contributed by atoms with Crippen LogP contribution in [-0.2, 0) is 13.6 Å². The zero-order chi connectivity index (χ0) is 19.4. The maximum Gasteiger partial charge on any atom is 0.325 e. The first kappa shape index (κ1) is 21.5. The Hall–Kier alpha value is -1.52. The quantitative estimate of drug-likeness (QED) is 0.630. The Morgan fingerprint density at radius 3 is 1.88 bits per heavy atom. The second-order valence-corrected chi connectivity index (χ2v) is 16.5. The fraction of sp³-hybridized carbons (Fsp3) is 0.588. The third-order valence-corrected chi connectivity index (χ3v) is 4.85. The molecule has 0 aliphatic heterocycles. The molecule has 0 fully saturated rings. The number of ether oxygens (including phenoxy) is 3. The van der Waals surface area contributed by atoms with Gasteiger partial charge in [0.2, 0.25) is 8.32 Å². The van der Waals surface area contributed by atoms with Crippen molar-refractivity contribution < 1.29 is 27.9 Å². The molecule has 8 heteroatoms. The lowest BCUT2D eigenvalue weighted by atomic mass is 10.1. The van der Waals surface area contributed by atoms with Gasteiger partial charge >= 0.3 is 5.97 Å². The summed E-state index contributed by atoms with van der Waals surface area (Å²) in [5.74, 6) is 1.06. The van der Waals surface area contributed by atoms with E-state index in [-0.39, 0.29) is 0 Å². The standard InChI is InChI=1S/C17H30O6Si2/c1-19-12-10-13(15(21-3)14(11-12)20-2)16(22-24(4,5)6)17(18)23-25(7,8)9/h10-11,16H,1-9H3. The van der Waals surface area contributed by atoms with E-state index in [1.165, 1.54) is 14.2 Å². The van der Waals surface area contributed by atoms with Crippen LogP contribution < -0.4 is 14.2 Å². The van der Waals surface area contributed by atoms with Crippen molar-refractivity contribution in [1.29, 1.82) is 0 Å². The first-order valence-corrected chi connectivity index (χ1v) is 14.9. The lowest BCUT2D eigenvalue weighted by Gasteiger charge is -2.29. The molecule has 0 saturated heterocycles. The van der Waals surface area contributed by atoms with E-state index in [0.29, 0.717) is 22.8 Å². The van der Waals surface area contributed by atoms with E-state index in [1.807, 2.05) is 39.3 Å². The molecule has 1 atom stereocenters. The number of carbonyl (C=O) groups excluding carboxylic acids is 1. The molecule has 0 radical (unpaired) electrons. The lowest BCUT2D eigenvalue weighted by Crippen LogP contribution is -2.37. The lowest BCUT2D eigenvalue weighted by molar-refractivity contribution is -0.143. The van der Waals surface area contributed by atoms with Crippen molar-refractivity contribution >= 4 is 22.6 Å². The van der Waals surface area contributed by atoms with Crippen LogP contribution in [0.25, 0.3) is 0 Å². The predicted octanol–water partition coefficient (Wildman–Crippen LogP) is 3.98. The molecule has 0 bridgehead atoms. The van der Waals surface area contributed by atoms with E-state index in [4.69, 9.17) is 23.1 Å². The van der Waals surface area contributed by atoms with Gasteiger partial charge in [-0.2, -0.15) is 0 Å². The van der Waals surface area contributed by atoms with Gasteiger partial charge in [-0.1, -0.05) is 0 Å². The molecular weight excluding hydrogens is 356 g/mol. The van der Waals surface area contributed by atoms with Crippen LogP contribution in [0.5, 0.6) is 17.2 Å². The highest BCUT2D eigenvalue weighted by molar-refractivity contribution is 6.71. The van der Waals surface area contributed by atoms with Crippen molar-refractivity contribution in [2.75, 3.05) is 21.3 Å². The summed E-state index contributed by atoms with van der Waals surface area (Å²) < 4.78 is 28.1. The highest BCUT2D eigenvalue weighted by Gasteiger charge is 2.35. The second-order valence-electron chi connectivity index (χ2n) is 7.60. The van der Waals surface area contributed by atoms with Crippen molar-refractivity contribution in [3.8, 4) is 17.2 Å². The molecule has 0 saturated carbocycles. The van der Waals surface area contributed by atoms with Crippen molar-refractivity contribution in [3.05, 3.63) is 17.7 Å². The van der Waals surface area contributed by atoms with E-state index in [2.05, 4.69) is 0 Å².